The predicted molar refractivity (Wildman–Crippen MR) is 89.1 cm³/mol. The molecule has 0 aliphatic heterocycles. The lowest BCUT2D eigenvalue weighted by Crippen LogP contribution is -2.32. The molecular formula is C17H22N4O2. The number of nitrogens with two attached hydrogens (primary N) is 2. The van der Waals surface area contributed by atoms with Crippen molar-refractivity contribution < 1.29 is 9.59 Å². The minimum atomic E-state index is -0.581. The van der Waals surface area contributed by atoms with Crippen LogP contribution < -0.4 is 16.8 Å². The molecule has 23 heavy (non-hydrogen) atoms. The van der Waals surface area contributed by atoms with Crippen LogP contribution in [0.25, 0.3) is 0 Å². The van der Waals surface area contributed by atoms with Gasteiger partial charge in [0.25, 0.3) is 5.91 Å². The summed E-state index contributed by atoms with van der Waals surface area (Å²) in [5.41, 5.74) is 14.0. The minimum Gasteiger partial charge on any atom is -0.366 e. The molecule has 1 aromatic heterocycles. The van der Waals surface area contributed by atoms with E-state index in [1.165, 1.54) is 17.8 Å². The Morgan fingerprint density at radius 3 is 2.30 bits per heavy atom. The lowest BCUT2D eigenvalue weighted by Gasteiger charge is -2.14. The van der Waals surface area contributed by atoms with Crippen molar-refractivity contribution in [1.82, 2.24) is 10.3 Å². The van der Waals surface area contributed by atoms with Crippen molar-refractivity contribution in [1.29, 1.82) is 0 Å². The Kier molecular flexibility index (Phi) is 5.18. The maximum Gasteiger partial charge on any atom is 0.267 e. The molecule has 0 aliphatic rings. The fourth-order valence-electron chi connectivity index (χ4n) is 2.21. The van der Waals surface area contributed by atoms with Crippen LogP contribution in [-0.4, -0.2) is 23.3 Å². The number of H-pyrrole nitrogens is 1. The number of hydrogen-bond donors (Lipinski definition) is 4. The Morgan fingerprint density at radius 2 is 1.78 bits per heavy atom. The lowest BCUT2D eigenvalue weighted by molar-refractivity contribution is 0.0946. The Labute approximate surface area is 135 Å². The first-order valence-electron chi connectivity index (χ1n) is 7.50. The molecule has 0 saturated carbocycles. The Hall–Kier alpha value is -2.60. The van der Waals surface area contributed by atoms with Crippen molar-refractivity contribution in [2.75, 3.05) is 6.54 Å². The highest BCUT2D eigenvalue weighted by Gasteiger charge is 2.13. The minimum absolute atomic E-state index is 0.267. The monoisotopic (exact) mass is 314 g/mol. The van der Waals surface area contributed by atoms with Crippen LogP contribution in [0.15, 0.2) is 36.5 Å². The number of hydrogen-bond acceptors (Lipinski definition) is 3. The third-order valence-electron chi connectivity index (χ3n) is 3.73. The highest BCUT2D eigenvalue weighted by atomic mass is 16.2. The van der Waals surface area contributed by atoms with E-state index < -0.39 is 5.91 Å². The SMILES string of the molecule is CC(C)c1ccc(C(N)CNC(=O)c2cc(C(N)=O)c[nH]2)cc1. The van der Waals surface area contributed by atoms with Gasteiger partial charge in [0, 0.05) is 18.8 Å². The molecule has 2 aromatic rings. The third-order valence-corrected chi connectivity index (χ3v) is 3.73. The van der Waals surface area contributed by atoms with Gasteiger partial charge in [-0.2, -0.15) is 0 Å². The van der Waals surface area contributed by atoms with Crippen molar-refractivity contribution in [3.05, 3.63) is 58.9 Å². The summed E-state index contributed by atoms with van der Waals surface area (Å²) in [7, 11) is 0. The molecule has 2 rings (SSSR count). The Bertz CT molecular complexity index is 689. The summed E-state index contributed by atoms with van der Waals surface area (Å²) in [4.78, 5) is 25.7. The first-order valence-corrected chi connectivity index (χ1v) is 7.50. The molecule has 1 aromatic carbocycles. The molecule has 6 N–H and O–H groups in total. The molecule has 6 heteroatoms. The topological polar surface area (TPSA) is 114 Å². The number of benzene rings is 1. The van der Waals surface area contributed by atoms with Crippen LogP contribution in [0.1, 0.15) is 57.8 Å². The van der Waals surface area contributed by atoms with Crippen LogP contribution >= 0.6 is 0 Å². The fraction of sp³-hybridized carbons (Fsp3) is 0.294. The largest absolute Gasteiger partial charge is 0.366 e. The second kappa shape index (κ2) is 7.11. The highest BCUT2D eigenvalue weighted by Crippen LogP contribution is 2.17. The average Bonchev–Trinajstić information content (AvgIpc) is 3.02. The second-order valence-electron chi connectivity index (χ2n) is 5.80. The molecular weight excluding hydrogens is 292 g/mol. The number of aromatic amines is 1. The summed E-state index contributed by atoms with van der Waals surface area (Å²) in [6.45, 7) is 4.56. The zero-order valence-electron chi connectivity index (χ0n) is 13.3. The summed E-state index contributed by atoms with van der Waals surface area (Å²) in [5.74, 6) is -0.443. The van der Waals surface area contributed by atoms with Gasteiger partial charge in [-0.1, -0.05) is 38.1 Å². The maximum atomic E-state index is 12.0. The quantitative estimate of drug-likeness (QED) is 0.650. The molecule has 122 valence electrons. The summed E-state index contributed by atoms with van der Waals surface area (Å²) in [6.07, 6.45) is 1.40. The van der Waals surface area contributed by atoms with Crippen LogP contribution in [0.2, 0.25) is 0 Å². The molecule has 1 atom stereocenters. The van der Waals surface area contributed by atoms with Gasteiger partial charge in [0.1, 0.15) is 5.69 Å². The molecule has 0 fully saturated rings. The van der Waals surface area contributed by atoms with Crippen molar-refractivity contribution >= 4 is 11.8 Å². The second-order valence-corrected chi connectivity index (χ2v) is 5.80. The van der Waals surface area contributed by atoms with Gasteiger partial charge in [0.05, 0.1) is 5.56 Å². The molecule has 0 aliphatic carbocycles. The van der Waals surface area contributed by atoms with E-state index in [2.05, 4.69) is 24.1 Å². The molecule has 6 nitrogen and oxygen atoms in total. The average molecular weight is 314 g/mol. The number of aromatic nitrogens is 1. The van der Waals surface area contributed by atoms with E-state index in [9.17, 15) is 9.59 Å². The van der Waals surface area contributed by atoms with Crippen LogP contribution in [0.4, 0.5) is 0 Å². The number of nitrogens with one attached hydrogen (secondary N) is 2. The van der Waals surface area contributed by atoms with Gasteiger partial charge >= 0.3 is 0 Å². The van der Waals surface area contributed by atoms with Crippen molar-refractivity contribution in [2.45, 2.75) is 25.8 Å². The van der Waals surface area contributed by atoms with E-state index in [0.29, 0.717) is 12.5 Å². The standard InChI is InChI=1S/C17H22N4O2/c1-10(2)11-3-5-12(6-4-11)14(18)9-21-17(23)15-7-13(8-20-15)16(19)22/h3-8,10,14,20H,9,18H2,1-2H3,(H2,19,22)(H,21,23). The molecule has 1 heterocycles. The Balaban J connectivity index is 1.93. The van der Waals surface area contributed by atoms with E-state index >= 15 is 0 Å². The Morgan fingerprint density at radius 1 is 1.17 bits per heavy atom. The molecule has 1 unspecified atom stereocenters. The first kappa shape index (κ1) is 16.8. The van der Waals surface area contributed by atoms with Crippen molar-refractivity contribution in [3.8, 4) is 0 Å². The summed E-state index contributed by atoms with van der Waals surface area (Å²) in [5, 5.41) is 2.74. The number of carbonyl (C=O) groups is 2. The van der Waals surface area contributed by atoms with Crippen LogP contribution in [-0.2, 0) is 0 Å². The van der Waals surface area contributed by atoms with Crippen LogP contribution in [0, 0.1) is 0 Å². The maximum absolute atomic E-state index is 12.0. The zero-order valence-corrected chi connectivity index (χ0v) is 13.3. The van der Waals surface area contributed by atoms with Gasteiger partial charge < -0.3 is 21.8 Å². The van der Waals surface area contributed by atoms with Gasteiger partial charge in [0.15, 0.2) is 0 Å². The first-order chi connectivity index (χ1) is 10.9. The van der Waals surface area contributed by atoms with E-state index in [0.717, 1.165) is 5.56 Å². The van der Waals surface area contributed by atoms with Gasteiger partial charge in [-0.05, 0) is 23.1 Å². The molecule has 0 saturated heterocycles. The molecule has 0 bridgehead atoms. The van der Waals surface area contributed by atoms with E-state index in [-0.39, 0.29) is 23.2 Å². The smallest absolute Gasteiger partial charge is 0.267 e. The zero-order chi connectivity index (χ0) is 17.0. The number of amides is 2. The fourth-order valence-corrected chi connectivity index (χ4v) is 2.21. The number of primary amides is 1. The molecule has 0 radical (unpaired) electrons. The number of carbonyl (C=O) groups excluding carboxylic acids is 2. The normalized spacial score (nSPS) is 12.2. The summed E-state index contributed by atoms with van der Waals surface area (Å²) in [6, 6.07) is 9.17. The van der Waals surface area contributed by atoms with Gasteiger partial charge in [-0.25, -0.2) is 0 Å². The third kappa shape index (κ3) is 4.20. The van der Waals surface area contributed by atoms with Gasteiger partial charge in [-0.15, -0.1) is 0 Å². The van der Waals surface area contributed by atoms with Crippen LogP contribution in [0.3, 0.4) is 0 Å². The van der Waals surface area contributed by atoms with E-state index in [4.69, 9.17) is 11.5 Å². The van der Waals surface area contributed by atoms with Crippen molar-refractivity contribution in [3.63, 3.8) is 0 Å². The highest BCUT2D eigenvalue weighted by molar-refractivity contribution is 5.98. The molecule has 0 spiro atoms. The van der Waals surface area contributed by atoms with Crippen molar-refractivity contribution in [2.24, 2.45) is 11.5 Å². The van der Waals surface area contributed by atoms with E-state index in [1.807, 2.05) is 24.3 Å². The molecule has 2 amide bonds. The predicted octanol–water partition coefficient (Wildman–Crippen LogP) is 1.67. The van der Waals surface area contributed by atoms with Crippen LogP contribution in [0.5, 0.6) is 0 Å². The van der Waals surface area contributed by atoms with E-state index in [1.54, 1.807) is 0 Å². The van der Waals surface area contributed by atoms with Gasteiger partial charge in [-0.3, -0.25) is 9.59 Å². The summed E-state index contributed by atoms with van der Waals surface area (Å²) < 4.78 is 0. The van der Waals surface area contributed by atoms with Gasteiger partial charge in [0.2, 0.25) is 5.91 Å². The lowest BCUT2D eigenvalue weighted by atomic mass is 9.99. The summed E-state index contributed by atoms with van der Waals surface area (Å²) >= 11 is 0. The number of rotatable bonds is 6.